The lowest BCUT2D eigenvalue weighted by Gasteiger charge is -2.40. The SMILES string of the molecule is CO[C@H]1CN(CC2CCC(c3cn4cc(C(=O)Nc5cccn([C@H]6C[C@H]6F)c5=O)c(OC(C)C)cc4n3)CC2)CC[C@H]1c1ccc2c(N3CCC(=O)NC3=O)nn(C)c2c1. The van der Waals surface area contributed by atoms with Gasteiger partial charge >= 0.3 is 6.03 Å². The van der Waals surface area contributed by atoms with Crippen LogP contribution in [0.5, 0.6) is 5.75 Å². The molecule has 2 aliphatic heterocycles. The number of pyridine rings is 2. The monoisotopic (exact) mass is 821 g/mol. The smallest absolute Gasteiger partial charge is 0.329 e. The summed E-state index contributed by atoms with van der Waals surface area (Å²) in [4.78, 5) is 60.1. The van der Waals surface area contributed by atoms with E-state index >= 15 is 0 Å². The summed E-state index contributed by atoms with van der Waals surface area (Å²) in [6, 6.07) is 10.4. The number of carbonyl (C=O) groups excluding carboxylic acids is 3. The van der Waals surface area contributed by atoms with Gasteiger partial charge in [0, 0.05) is 88.5 Å². The number of fused-ring (bicyclic) bond motifs is 2. The van der Waals surface area contributed by atoms with Crippen molar-refractivity contribution in [3.05, 3.63) is 82.2 Å². The molecule has 4 aliphatic rings. The van der Waals surface area contributed by atoms with Crippen molar-refractivity contribution in [2.24, 2.45) is 13.0 Å². The summed E-state index contributed by atoms with van der Waals surface area (Å²) in [5.74, 6) is 1.27. The number of nitrogens with one attached hydrogen (secondary N) is 2. The number of amides is 4. The molecule has 5 aromatic rings. The molecule has 2 saturated heterocycles. The van der Waals surface area contributed by atoms with Gasteiger partial charge in [0.1, 0.15) is 23.3 Å². The zero-order chi connectivity index (χ0) is 41.8. The molecule has 60 heavy (non-hydrogen) atoms. The highest BCUT2D eigenvalue weighted by Gasteiger charge is 2.40. The summed E-state index contributed by atoms with van der Waals surface area (Å²) in [5.41, 5.74) is 3.74. The van der Waals surface area contributed by atoms with Gasteiger partial charge in [-0.1, -0.05) is 6.07 Å². The number of piperidine rings is 1. The third kappa shape index (κ3) is 7.78. The Labute approximate surface area is 346 Å². The Morgan fingerprint density at radius 2 is 1.85 bits per heavy atom. The molecule has 0 unspecified atom stereocenters. The fourth-order valence-corrected chi connectivity index (χ4v) is 9.47. The maximum Gasteiger partial charge on any atom is 0.329 e. The Hall–Kier alpha value is -5.61. The standard InChI is InChI=1S/C44H52FN9O6/c1-25(2)60-37-20-39-46-34(23-52(39)22-31(37)42(56)47-33-6-5-15-53(43(33)57)36-19-32(36)45)27-9-7-26(8-10-27)21-51-16-13-29(38(24-51)59-4)28-11-12-30-35(18-28)50(3)49-41(30)54-17-14-40(55)48-44(54)58/h5-6,11-12,15,18,20,22-23,25-27,29,32,36,38H,7-10,13-14,16-17,19,21,24H2,1-4H3,(H,47,56)(H,48,55,58)/t26?,27?,29-,32+,36-,38-/m0/s1. The van der Waals surface area contributed by atoms with Gasteiger partial charge in [0.25, 0.3) is 11.5 Å². The summed E-state index contributed by atoms with van der Waals surface area (Å²) in [6.45, 7) is 6.93. The molecular formula is C44H52FN9O6. The van der Waals surface area contributed by atoms with Crippen LogP contribution in [-0.2, 0) is 16.6 Å². The minimum Gasteiger partial charge on any atom is -0.490 e. The minimum absolute atomic E-state index is 0.0342. The molecule has 316 valence electrons. The summed E-state index contributed by atoms with van der Waals surface area (Å²) >= 11 is 0. The van der Waals surface area contributed by atoms with Crippen LogP contribution < -0.4 is 25.8 Å². The fraction of sp³-hybridized carbons (Fsp3) is 0.500. The van der Waals surface area contributed by atoms with Crippen molar-refractivity contribution in [3.63, 3.8) is 0 Å². The van der Waals surface area contributed by atoms with Crippen molar-refractivity contribution < 1.29 is 28.2 Å². The molecule has 1 aromatic carbocycles. The largest absolute Gasteiger partial charge is 0.490 e. The molecule has 16 heteroatoms. The van der Waals surface area contributed by atoms with E-state index in [9.17, 15) is 23.6 Å². The quantitative estimate of drug-likeness (QED) is 0.165. The summed E-state index contributed by atoms with van der Waals surface area (Å²) in [6.07, 6.45) is 9.78. The van der Waals surface area contributed by atoms with Crippen molar-refractivity contribution in [1.82, 2.24) is 33.9 Å². The van der Waals surface area contributed by atoms with Crippen LogP contribution >= 0.6 is 0 Å². The maximum absolute atomic E-state index is 13.8. The Morgan fingerprint density at radius 3 is 2.58 bits per heavy atom. The van der Waals surface area contributed by atoms with Gasteiger partial charge in [-0.25, -0.2) is 14.2 Å². The number of alkyl halides is 1. The number of likely N-dealkylation sites (tertiary alicyclic amines) is 1. The highest BCUT2D eigenvalue weighted by Crippen LogP contribution is 2.40. The van der Waals surface area contributed by atoms with Crippen molar-refractivity contribution in [1.29, 1.82) is 0 Å². The van der Waals surface area contributed by atoms with Crippen LogP contribution in [0.4, 0.5) is 20.7 Å². The van der Waals surface area contributed by atoms with Gasteiger partial charge in [-0.3, -0.25) is 29.3 Å². The molecule has 6 heterocycles. The Morgan fingerprint density at radius 1 is 1.05 bits per heavy atom. The van der Waals surface area contributed by atoms with Gasteiger partial charge < -0.3 is 28.7 Å². The number of benzene rings is 1. The normalized spacial score (nSPS) is 24.9. The molecule has 0 spiro atoms. The number of nitrogens with zero attached hydrogens (tertiary/aromatic N) is 7. The Balaban J connectivity index is 0.829. The summed E-state index contributed by atoms with van der Waals surface area (Å²) < 4.78 is 31.0. The van der Waals surface area contributed by atoms with Crippen LogP contribution in [0, 0.1) is 5.92 Å². The number of hydrogen-bond acceptors (Lipinski definition) is 9. The predicted molar refractivity (Wildman–Crippen MR) is 224 cm³/mol. The molecule has 4 atom stereocenters. The number of ether oxygens (including phenoxy) is 2. The fourth-order valence-electron chi connectivity index (χ4n) is 9.47. The molecule has 4 amide bonds. The lowest BCUT2D eigenvalue weighted by Crippen LogP contribution is -2.49. The number of carbonyl (C=O) groups is 3. The molecule has 15 nitrogen and oxygen atoms in total. The molecule has 0 radical (unpaired) electrons. The number of aryl methyl sites for hydroxylation is 1. The number of hydrogen-bond donors (Lipinski definition) is 2. The topological polar surface area (TPSA) is 157 Å². The second kappa shape index (κ2) is 16.1. The molecule has 2 N–H and O–H groups in total. The van der Waals surface area contributed by atoms with Gasteiger partial charge in [0.05, 0.1) is 35.0 Å². The number of imide groups is 1. The van der Waals surface area contributed by atoms with Crippen molar-refractivity contribution >= 4 is 45.9 Å². The van der Waals surface area contributed by atoms with E-state index in [1.165, 1.54) is 21.1 Å². The predicted octanol–water partition coefficient (Wildman–Crippen LogP) is 5.93. The van der Waals surface area contributed by atoms with E-state index in [1.807, 2.05) is 37.6 Å². The zero-order valence-electron chi connectivity index (χ0n) is 34.5. The molecule has 2 aliphatic carbocycles. The lowest BCUT2D eigenvalue weighted by molar-refractivity contribution is -0.120. The molecule has 9 rings (SSSR count). The van der Waals surface area contributed by atoms with Crippen LogP contribution in [0.25, 0.3) is 16.6 Å². The number of methoxy groups -OCH3 is 1. The molecule has 2 saturated carbocycles. The minimum atomic E-state index is -1.05. The summed E-state index contributed by atoms with van der Waals surface area (Å²) in [5, 5.41) is 10.7. The van der Waals surface area contributed by atoms with Gasteiger partial charge in [-0.15, -0.1) is 0 Å². The van der Waals surface area contributed by atoms with Gasteiger partial charge in [-0.05, 0) is 88.2 Å². The number of rotatable bonds is 11. The van der Waals surface area contributed by atoms with E-state index in [0.717, 1.165) is 68.3 Å². The van der Waals surface area contributed by atoms with E-state index in [-0.39, 0.29) is 41.7 Å². The second-order valence-corrected chi connectivity index (χ2v) is 17.2. The maximum atomic E-state index is 13.8. The number of imidazole rings is 1. The van der Waals surface area contributed by atoms with Crippen LogP contribution in [0.2, 0.25) is 0 Å². The van der Waals surface area contributed by atoms with Crippen LogP contribution in [0.15, 0.2) is 59.8 Å². The van der Waals surface area contributed by atoms with Crippen molar-refractivity contribution in [3.8, 4) is 5.75 Å². The average molecular weight is 822 g/mol. The van der Waals surface area contributed by atoms with E-state index < -0.39 is 29.7 Å². The third-order valence-electron chi connectivity index (χ3n) is 12.8. The zero-order valence-corrected chi connectivity index (χ0v) is 34.5. The molecule has 4 aromatic heterocycles. The first kappa shape index (κ1) is 39.8. The molecule has 0 bridgehead atoms. The first-order valence-corrected chi connectivity index (χ1v) is 21.1. The number of halogens is 1. The van der Waals surface area contributed by atoms with Gasteiger partial charge in [0.15, 0.2) is 5.82 Å². The van der Waals surface area contributed by atoms with Crippen LogP contribution in [0.1, 0.15) is 98.3 Å². The van der Waals surface area contributed by atoms with Crippen LogP contribution in [0.3, 0.4) is 0 Å². The van der Waals surface area contributed by atoms with E-state index in [0.29, 0.717) is 42.0 Å². The van der Waals surface area contributed by atoms with E-state index in [4.69, 9.17) is 14.5 Å². The Kier molecular flexibility index (Phi) is 10.7. The van der Waals surface area contributed by atoms with E-state index in [1.54, 1.807) is 36.3 Å². The van der Waals surface area contributed by atoms with Gasteiger partial charge in [-0.2, -0.15) is 5.10 Å². The molecular weight excluding hydrogens is 770 g/mol. The lowest BCUT2D eigenvalue weighted by atomic mass is 9.80. The highest BCUT2D eigenvalue weighted by molar-refractivity contribution is 6.09. The first-order chi connectivity index (χ1) is 28.9. The highest BCUT2D eigenvalue weighted by atomic mass is 19.1. The number of anilines is 2. The summed E-state index contributed by atoms with van der Waals surface area (Å²) in [7, 11) is 3.68. The first-order valence-electron chi connectivity index (χ1n) is 21.1. The van der Waals surface area contributed by atoms with E-state index in [2.05, 4.69) is 32.8 Å². The van der Waals surface area contributed by atoms with Gasteiger partial charge in [0.2, 0.25) is 5.91 Å². The molecule has 4 fully saturated rings. The second-order valence-electron chi connectivity index (χ2n) is 17.2. The van der Waals surface area contributed by atoms with Crippen LogP contribution in [-0.4, -0.2) is 98.1 Å². The number of urea groups is 1. The van der Waals surface area contributed by atoms with Crippen molar-refractivity contribution in [2.75, 3.05) is 43.5 Å². The number of aromatic nitrogens is 5. The Bertz CT molecular complexity index is 2520. The van der Waals surface area contributed by atoms with Crippen molar-refractivity contribution in [2.45, 2.75) is 95.1 Å². The third-order valence-corrected chi connectivity index (χ3v) is 12.8. The average Bonchev–Trinajstić information content (AvgIpc) is 3.66.